The van der Waals surface area contributed by atoms with Crippen molar-refractivity contribution < 1.29 is 9.59 Å². The summed E-state index contributed by atoms with van der Waals surface area (Å²) in [6.07, 6.45) is 1.91. The van der Waals surface area contributed by atoms with Crippen LogP contribution in [0.25, 0.3) is 10.7 Å². The normalized spacial score (nSPS) is 13.3. The van der Waals surface area contributed by atoms with E-state index in [9.17, 15) is 14.4 Å². The third-order valence-electron chi connectivity index (χ3n) is 4.31. The van der Waals surface area contributed by atoms with Gasteiger partial charge in [-0.1, -0.05) is 6.07 Å². The Kier molecular flexibility index (Phi) is 4.82. The van der Waals surface area contributed by atoms with Crippen molar-refractivity contribution in [3.63, 3.8) is 0 Å². The average molecular weight is 397 g/mol. The number of anilines is 2. The lowest BCUT2D eigenvalue weighted by Crippen LogP contribution is -2.30. The Morgan fingerprint density at radius 1 is 1.14 bits per heavy atom. The maximum atomic E-state index is 12.7. The summed E-state index contributed by atoms with van der Waals surface area (Å²) >= 11 is 1.52. The number of amides is 2. The Morgan fingerprint density at radius 3 is 2.39 bits per heavy atom. The van der Waals surface area contributed by atoms with E-state index in [1.165, 1.54) is 22.9 Å². The zero-order valence-electron chi connectivity index (χ0n) is 15.2. The molecule has 1 aromatic carbocycles. The lowest BCUT2D eigenvalue weighted by Gasteiger charge is -2.06. The van der Waals surface area contributed by atoms with E-state index in [1.807, 2.05) is 17.5 Å². The molecule has 1 fully saturated rings. The molecule has 1 saturated carbocycles. The number of carbonyl (C=O) groups is 2. The first-order valence-corrected chi connectivity index (χ1v) is 9.80. The van der Waals surface area contributed by atoms with Crippen molar-refractivity contribution in [3.05, 3.63) is 52.3 Å². The first kappa shape index (κ1) is 18.2. The fraction of sp³-hybridized carbons (Fsp3) is 0.263. The zero-order valence-corrected chi connectivity index (χ0v) is 16.0. The number of hydrogen-bond donors (Lipinski definition) is 2. The second-order valence-corrected chi connectivity index (χ2v) is 7.60. The predicted octanol–water partition coefficient (Wildman–Crippen LogP) is 2.71. The van der Waals surface area contributed by atoms with E-state index in [-0.39, 0.29) is 30.1 Å². The van der Waals surface area contributed by atoms with Crippen LogP contribution in [-0.2, 0) is 16.1 Å². The van der Waals surface area contributed by atoms with E-state index in [4.69, 9.17) is 0 Å². The molecule has 0 unspecified atom stereocenters. The molecule has 0 bridgehead atoms. The monoisotopic (exact) mass is 397 g/mol. The highest BCUT2D eigenvalue weighted by atomic mass is 32.1. The molecule has 0 atom stereocenters. The molecule has 1 aliphatic carbocycles. The van der Waals surface area contributed by atoms with E-state index in [1.54, 1.807) is 28.8 Å². The molecule has 144 valence electrons. The van der Waals surface area contributed by atoms with E-state index >= 15 is 0 Å². The second kappa shape index (κ2) is 7.43. The standard InChI is InChI=1S/C19H19N5O3S/c1-12(25)20-13-4-6-14(7-5-13)21-17(26)11-23-19(27)24(15-8-9-15)18(22-23)16-3-2-10-28-16/h2-7,10,15H,8-9,11H2,1H3,(H,20,25)(H,21,26). The van der Waals surface area contributed by atoms with Crippen LogP contribution in [-0.4, -0.2) is 26.2 Å². The van der Waals surface area contributed by atoms with Crippen LogP contribution in [0.4, 0.5) is 11.4 Å². The molecule has 0 saturated heterocycles. The molecule has 28 heavy (non-hydrogen) atoms. The van der Waals surface area contributed by atoms with Crippen LogP contribution in [0.5, 0.6) is 0 Å². The Bertz CT molecular complexity index is 1060. The van der Waals surface area contributed by atoms with Gasteiger partial charge < -0.3 is 10.6 Å². The van der Waals surface area contributed by atoms with Gasteiger partial charge in [-0.2, -0.15) is 0 Å². The van der Waals surface area contributed by atoms with Gasteiger partial charge in [0.15, 0.2) is 5.82 Å². The number of thiophene rings is 1. The van der Waals surface area contributed by atoms with Gasteiger partial charge in [0.25, 0.3) is 0 Å². The highest BCUT2D eigenvalue weighted by Gasteiger charge is 2.31. The van der Waals surface area contributed by atoms with Gasteiger partial charge in [0.2, 0.25) is 11.8 Å². The average Bonchev–Trinajstić information content (AvgIpc) is 3.23. The zero-order chi connectivity index (χ0) is 19.7. The maximum absolute atomic E-state index is 12.7. The molecule has 8 nitrogen and oxygen atoms in total. The summed E-state index contributed by atoms with van der Waals surface area (Å²) < 4.78 is 2.91. The smallest absolute Gasteiger partial charge is 0.326 e. The van der Waals surface area contributed by atoms with Crippen molar-refractivity contribution >= 4 is 34.5 Å². The number of benzene rings is 1. The van der Waals surface area contributed by atoms with Crippen LogP contribution in [0.3, 0.4) is 0 Å². The van der Waals surface area contributed by atoms with Crippen molar-refractivity contribution in [2.45, 2.75) is 32.4 Å². The number of aromatic nitrogens is 3. The molecular formula is C19H19N5O3S. The van der Waals surface area contributed by atoms with Gasteiger partial charge in [-0.3, -0.25) is 14.2 Å². The van der Waals surface area contributed by atoms with Crippen LogP contribution >= 0.6 is 11.3 Å². The fourth-order valence-electron chi connectivity index (χ4n) is 2.94. The minimum absolute atomic E-state index is 0.162. The molecule has 2 amide bonds. The third-order valence-corrected chi connectivity index (χ3v) is 5.17. The Labute approximate surface area is 164 Å². The van der Waals surface area contributed by atoms with E-state index in [0.717, 1.165) is 17.7 Å². The van der Waals surface area contributed by atoms with Crippen molar-refractivity contribution in [2.75, 3.05) is 10.6 Å². The Hall–Kier alpha value is -3.20. The molecule has 0 spiro atoms. The number of hydrogen-bond acceptors (Lipinski definition) is 5. The quantitative estimate of drug-likeness (QED) is 0.668. The van der Waals surface area contributed by atoms with E-state index in [0.29, 0.717) is 17.2 Å². The van der Waals surface area contributed by atoms with Gasteiger partial charge in [-0.25, -0.2) is 9.48 Å². The molecule has 1 aliphatic rings. The molecular weight excluding hydrogens is 378 g/mol. The van der Waals surface area contributed by atoms with Gasteiger partial charge in [0, 0.05) is 24.3 Å². The predicted molar refractivity (Wildman–Crippen MR) is 107 cm³/mol. The van der Waals surface area contributed by atoms with Gasteiger partial charge in [0.1, 0.15) is 6.54 Å². The first-order chi connectivity index (χ1) is 13.5. The topological polar surface area (TPSA) is 98.0 Å². The first-order valence-electron chi connectivity index (χ1n) is 8.92. The summed E-state index contributed by atoms with van der Waals surface area (Å²) in [5.74, 6) is 0.117. The minimum atomic E-state index is -0.340. The summed E-state index contributed by atoms with van der Waals surface area (Å²) in [6.45, 7) is 1.27. The fourth-order valence-corrected chi connectivity index (χ4v) is 3.64. The van der Waals surface area contributed by atoms with Crippen LogP contribution in [0.15, 0.2) is 46.6 Å². The lowest BCUT2D eigenvalue weighted by molar-refractivity contribution is -0.117. The maximum Gasteiger partial charge on any atom is 0.346 e. The van der Waals surface area contributed by atoms with Gasteiger partial charge in [-0.15, -0.1) is 16.4 Å². The molecule has 2 aromatic heterocycles. The van der Waals surface area contributed by atoms with Crippen LogP contribution in [0.1, 0.15) is 25.8 Å². The summed E-state index contributed by atoms with van der Waals surface area (Å²) in [6, 6.07) is 10.8. The van der Waals surface area contributed by atoms with Crippen LogP contribution < -0.4 is 16.3 Å². The number of rotatable bonds is 6. The molecule has 2 N–H and O–H groups in total. The summed E-state index contributed by atoms with van der Waals surface area (Å²) in [5.41, 5.74) is 0.958. The highest BCUT2D eigenvalue weighted by Crippen LogP contribution is 2.37. The van der Waals surface area contributed by atoms with Crippen molar-refractivity contribution in [3.8, 4) is 10.7 Å². The number of nitrogens with zero attached hydrogens (tertiary/aromatic N) is 3. The highest BCUT2D eigenvalue weighted by molar-refractivity contribution is 7.13. The molecule has 0 radical (unpaired) electrons. The van der Waals surface area contributed by atoms with Gasteiger partial charge in [0.05, 0.1) is 4.88 Å². The minimum Gasteiger partial charge on any atom is -0.326 e. The second-order valence-electron chi connectivity index (χ2n) is 6.65. The Morgan fingerprint density at radius 2 is 1.82 bits per heavy atom. The lowest BCUT2D eigenvalue weighted by atomic mass is 10.2. The number of nitrogens with one attached hydrogen (secondary N) is 2. The summed E-state index contributed by atoms with van der Waals surface area (Å²) in [4.78, 5) is 37.1. The Balaban J connectivity index is 1.50. The third kappa shape index (κ3) is 3.89. The van der Waals surface area contributed by atoms with E-state index in [2.05, 4.69) is 15.7 Å². The molecule has 2 heterocycles. The summed E-state index contributed by atoms with van der Waals surface area (Å²) in [7, 11) is 0. The van der Waals surface area contributed by atoms with Crippen LogP contribution in [0.2, 0.25) is 0 Å². The van der Waals surface area contributed by atoms with Gasteiger partial charge in [-0.05, 0) is 48.6 Å². The van der Waals surface area contributed by atoms with Gasteiger partial charge >= 0.3 is 5.69 Å². The molecule has 9 heteroatoms. The summed E-state index contributed by atoms with van der Waals surface area (Å²) in [5, 5.41) is 11.8. The molecule has 3 aromatic rings. The largest absolute Gasteiger partial charge is 0.346 e. The van der Waals surface area contributed by atoms with Crippen molar-refractivity contribution in [2.24, 2.45) is 0 Å². The molecule has 0 aliphatic heterocycles. The van der Waals surface area contributed by atoms with Crippen molar-refractivity contribution in [1.29, 1.82) is 0 Å². The molecule has 4 rings (SSSR count). The van der Waals surface area contributed by atoms with E-state index < -0.39 is 0 Å². The SMILES string of the molecule is CC(=O)Nc1ccc(NC(=O)Cn2nc(-c3cccs3)n(C3CC3)c2=O)cc1. The number of carbonyl (C=O) groups excluding carboxylic acids is 2. The van der Waals surface area contributed by atoms with Crippen molar-refractivity contribution in [1.82, 2.24) is 14.3 Å². The van der Waals surface area contributed by atoms with Crippen LogP contribution in [0, 0.1) is 0 Å².